The van der Waals surface area contributed by atoms with Crippen LogP contribution in [0.4, 0.5) is 5.69 Å². The zero-order chi connectivity index (χ0) is 15.3. The van der Waals surface area contributed by atoms with Gasteiger partial charge >= 0.3 is 0 Å². The van der Waals surface area contributed by atoms with E-state index in [2.05, 4.69) is 56.0 Å². The maximum Gasteiger partial charge on any atom is 0.0585 e. The van der Waals surface area contributed by atoms with Crippen molar-refractivity contribution in [1.82, 2.24) is 0 Å². The molecule has 1 saturated carbocycles. The van der Waals surface area contributed by atoms with Gasteiger partial charge in [0.15, 0.2) is 0 Å². The highest BCUT2D eigenvalue weighted by atomic mass is 16.3. The van der Waals surface area contributed by atoms with Crippen LogP contribution in [-0.4, -0.2) is 24.3 Å². The van der Waals surface area contributed by atoms with Gasteiger partial charge in [0.25, 0.3) is 0 Å². The van der Waals surface area contributed by atoms with E-state index in [0.29, 0.717) is 11.3 Å². The minimum Gasteiger partial charge on any atom is -0.393 e. The molecule has 0 radical (unpaired) electrons. The van der Waals surface area contributed by atoms with Crippen LogP contribution in [0.15, 0.2) is 30.3 Å². The molecule has 0 aliphatic heterocycles. The highest BCUT2D eigenvalue weighted by Crippen LogP contribution is 2.39. The van der Waals surface area contributed by atoms with Crippen LogP contribution in [0.2, 0.25) is 0 Å². The molecule has 1 aliphatic carbocycles. The fourth-order valence-corrected chi connectivity index (χ4v) is 3.51. The lowest BCUT2D eigenvalue weighted by Crippen LogP contribution is -2.41. The number of nitrogens with zero attached hydrogens (tertiary/aromatic N) is 1. The van der Waals surface area contributed by atoms with Crippen molar-refractivity contribution in [3.63, 3.8) is 0 Å². The average molecular weight is 289 g/mol. The first kappa shape index (κ1) is 16.4. The summed E-state index contributed by atoms with van der Waals surface area (Å²) in [6, 6.07) is 10.7. The molecule has 118 valence electrons. The highest BCUT2D eigenvalue weighted by Gasteiger charge is 2.34. The first-order valence-electron chi connectivity index (χ1n) is 8.50. The van der Waals surface area contributed by atoms with Gasteiger partial charge in [0, 0.05) is 24.7 Å². The number of aliphatic hydroxyl groups excluding tert-OH is 1. The lowest BCUT2D eigenvalue weighted by Gasteiger charge is -2.41. The number of para-hydroxylation sites is 1. The van der Waals surface area contributed by atoms with Crippen molar-refractivity contribution in [3.05, 3.63) is 30.3 Å². The molecule has 21 heavy (non-hydrogen) atoms. The van der Waals surface area contributed by atoms with E-state index in [4.69, 9.17) is 0 Å². The molecule has 1 aromatic carbocycles. The van der Waals surface area contributed by atoms with Crippen molar-refractivity contribution < 1.29 is 5.11 Å². The van der Waals surface area contributed by atoms with Crippen LogP contribution in [0, 0.1) is 11.3 Å². The van der Waals surface area contributed by atoms with Crippen LogP contribution < -0.4 is 4.90 Å². The molecule has 1 aromatic rings. The van der Waals surface area contributed by atoms with Crippen LogP contribution in [0.3, 0.4) is 0 Å². The quantitative estimate of drug-likeness (QED) is 0.834. The van der Waals surface area contributed by atoms with Gasteiger partial charge in [0.05, 0.1) is 6.10 Å². The van der Waals surface area contributed by atoms with E-state index in [-0.39, 0.29) is 6.10 Å². The minimum absolute atomic E-state index is 0.133. The van der Waals surface area contributed by atoms with Crippen molar-refractivity contribution in [3.8, 4) is 0 Å². The Bertz CT molecular complexity index is 415. The molecule has 0 bridgehead atoms. The summed E-state index contributed by atoms with van der Waals surface area (Å²) < 4.78 is 0. The van der Waals surface area contributed by atoms with Gasteiger partial charge in [-0.05, 0) is 43.2 Å². The van der Waals surface area contributed by atoms with Gasteiger partial charge in [-0.2, -0.15) is 0 Å². The predicted octanol–water partition coefficient (Wildman–Crippen LogP) is 4.48. The number of hydrogen-bond acceptors (Lipinski definition) is 2. The summed E-state index contributed by atoms with van der Waals surface area (Å²) >= 11 is 0. The van der Waals surface area contributed by atoms with Gasteiger partial charge in [-0.15, -0.1) is 0 Å². The second-order valence-corrected chi connectivity index (χ2v) is 7.37. The van der Waals surface area contributed by atoms with E-state index >= 15 is 0 Å². The van der Waals surface area contributed by atoms with Crippen LogP contribution in [0.25, 0.3) is 0 Å². The molecular formula is C19H31NO. The second kappa shape index (κ2) is 7.31. The molecule has 2 rings (SSSR count). The van der Waals surface area contributed by atoms with Crippen molar-refractivity contribution >= 4 is 5.69 Å². The first-order chi connectivity index (χ1) is 10.0. The molecule has 0 heterocycles. The molecule has 2 atom stereocenters. The van der Waals surface area contributed by atoms with Crippen LogP contribution >= 0.6 is 0 Å². The molecule has 1 N–H and O–H groups in total. The minimum atomic E-state index is -0.133. The number of aliphatic hydroxyl groups is 1. The first-order valence-corrected chi connectivity index (χ1v) is 8.50. The molecule has 1 fully saturated rings. The Morgan fingerprint density at radius 3 is 2.62 bits per heavy atom. The Labute approximate surface area is 130 Å². The van der Waals surface area contributed by atoms with Crippen LogP contribution in [0.5, 0.6) is 0 Å². The number of anilines is 1. The molecular weight excluding hydrogens is 258 g/mol. The molecule has 0 amide bonds. The third-order valence-corrected chi connectivity index (χ3v) is 4.83. The lowest BCUT2D eigenvalue weighted by molar-refractivity contribution is 0.0249. The maximum atomic E-state index is 10.4. The number of benzene rings is 1. The summed E-state index contributed by atoms with van der Waals surface area (Å²) in [6.45, 7) is 8.98. The molecule has 0 spiro atoms. The van der Waals surface area contributed by atoms with Gasteiger partial charge in [-0.1, -0.05) is 45.4 Å². The van der Waals surface area contributed by atoms with Crippen molar-refractivity contribution in [2.24, 2.45) is 11.3 Å². The Balaban J connectivity index is 2.07. The van der Waals surface area contributed by atoms with Gasteiger partial charge in [-0.25, -0.2) is 0 Å². The van der Waals surface area contributed by atoms with E-state index < -0.39 is 0 Å². The van der Waals surface area contributed by atoms with Gasteiger partial charge in [0.2, 0.25) is 0 Å². The molecule has 2 heteroatoms. The van der Waals surface area contributed by atoms with E-state index in [1.54, 1.807) is 0 Å². The summed E-state index contributed by atoms with van der Waals surface area (Å²) in [5, 5.41) is 10.4. The maximum absolute atomic E-state index is 10.4. The largest absolute Gasteiger partial charge is 0.393 e. The van der Waals surface area contributed by atoms with Crippen molar-refractivity contribution in [2.75, 3.05) is 18.0 Å². The average Bonchev–Trinajstić information content (AvgIpc) is 2.48. The fraction of sp³-hybridized carbons (Fsp3) is 0.684. The smallest absolute Gasteiger partial charge is 0.0585 e. The highest BCUT2D eigenvalue weighted by molar-refractivity contribution is 5.46. The van der Waals surface area contributed by atoms with E-state index in [0.717, 1.165) is 32.4 Å². The normalized spacial score (nSPS) is 24.8. The van der Waals surface area contributed by atoms with Crippen molar-refractivity contribution in [1.29, 1.82) is 0 Å². The van der Waals surface area contributed by atoms with Crippen LogP contribution in [0.1, 0.15) is 52.9 Å². The summed E-state index contributed by atoms with van der Waals surface area (Å²) in [4.78, 5) is 2.47. The summed E-state index contributed by atoms with van der Waals surface area (Å²) in [6.07, 6.45) is 5.51. The lowest BCUT2D eigenvalue weighted by atomic mass is 9.70. The molecule has 2 nitrogen and oxygen atoms in total. The monoisotopic (exact) mass is 289 g/mol. The summed E-state index contributed by atoms with van der Waals surface area (Å²) in [5.41, 5.74) is 1.67. The molecule has 0 aromatic heterocycles. The number of rotatable bonds is 6. The van der Waals surface area contributed by atoms with E-state index in [1.165, 1.54) is 18.5 Å². The van der Waals surface area contributed by atoms with Crippen molar-refractivity contribution in [2.45, 2.75) is 59.0 Å². The Morgan fingerprint density at radius 2 is 1.95 bits per heavy atom. The fourth-order valence-electron chi connectivity index (χ4n) is 3.51. The Hall–Kier alpha value is -1.02. The van der Waals surface area contributed by atoms with Gasteiger partial charge in [-0.3, -0.25) is 0 Å². The topological polar surface area (TPSA) is 23.5 Å². The SMILES string of the molecule is CCCCN(CC1CC(C)(C)CCC1O)c1ccccc1. The third-order valence-electron chi connectivity index (χ3n) is 4.83. The predicted molar refractivity (Wildman–Crippen MR) is 90.7 cm³/mol. The van der Waals surface area contributed by atoms with Gasteiger partial charge < -0.3 is 10.0 Å². The molecule has 1 aliphatic rings. The van der Waals surface area contributed by atoms with E-state index in [9.17, 15) is 5.11 Å². The number of unbranched alkanes of at least 4 members (excludes halogenated alkanes) is 1. The Morgan fingerprint density at radius 1 is 1.24 bits per heavy atom. The zero-order valence-electron chi connectivity index (χ0n) is 13.9. The Kier molecular flexibility index (Phi) is 5.69. The number of hydrogen-bond donors (Lipinski definition) is 1. The molecule has 0 saturated heterocycles. The van der Waals surface area contributed by atoms with Gasteiger partial charge in [0.1, 0.15) is 0 Å². The van der Waals surface area contributed by atoms with E-state index in [1.807, 2.05) is 0 Å². The van der Waals surface area contributed by atoms with Crippen LogP contribution in [-0.2, 0) is 0 Å². The second-order valence-electron chi connectivity index (χ2n) is 7.37. The summed E-state index contributed by atoms with van der Waals surface area (Å²) in [7, 11) is 0. The standard InChI is InChI=1S/C19H31NO/c1-4-5-13-20(17-9-7-6-8-10-17)15-16-14-19(2,3)12-11-18(16)21/h6-10,16,18,21H,4-5,11-15H2,1-3H3. The third kappa shape index (κ3) is 4.74. The summed E-state index contributed by atoms with van der Waals surface area (Å²) in [5.74, 6) is 0.394. The molecule has 2 unspecified atom stereocenters. The zero-order valence-corrected chi connectivity index (χ0v) is 13.9.